The van der Waals surface area contributed by atoms with Crippen molar-refractivity contribution in [3.8, 4) is 5.75 Å². The highest BCUT2D eigenvalue weighted by molar-refractivity contribution is 5.39. The Morgan fingerprint density at radius 3 is 2.76 bits per heavy atom. The number of hydrogen-bond donors (Lipinski definition) is 1. The summed E-state index contributed by atoms with van der Waals surface area (Å²) in [5.41, 5.74) is 0.822. The van der Waals surface area contributed by atoms with Gasteiger partial charge in [0, 0.05) is 11.8 Å². The maximum Gasteiger partial charge on any atom is 0.125 e. The summed E-state index contributed by atoms with van der Waals surface area (Å²) < 4.78 is 18.3. The molecule has 4 heteroatoms. The van der Waals surface area contributed by atoms with Crippen molar-refractivity contribution in [2.75, 3.05) is 7.11 Å². The quantitative estimate of drug-likeness (QED) is 0.884. The lowest BCUT2D eigenvalue weighted by Crippen LogP contribution is -2.04. The minimum absolute atomic E-state index is 0.367. The first-order chi connectivity index (χ1) is 8.22. The van der Waals surface area contributed by atoms with E-state index in [2.05, 4.69) is 4.98 Å². The van der Waals surface area contributed by atoms with Crippen molar-refractivity contribution < 1.29 is 14.2 Å². The molecule has 0 aliphatic rings. The van der Waals surface area contributed by atoms with E-state index in [1.54, 1.807) is 24.4 Å². The van der Waals surface area contributed by atoms with E-state index in [4.69, 9.17) is 4.74 Å². The summed E-state index contributed by atoms with van der Waals surface area (Å²) in [4.78, 5) is 4.03. The van der Waals surface area contributed by atoms with Crippen molar-refractivity contribution in [2.24, 2.45) is 0 Å². The molecule has 2 aromatic rings. The second kappa shape index (κ2) is 4.93. The lowest BCUT2D eigenvalue weighted by molar-refractivity contribution is 0.209. The summed E-state index contributed by atoms with van der Waals surface area (Å²) in [6, 6.07) is 9.20. The maximum absolute atomic E-state index is 13.2. The average molecular weight is 233 g/mol. The van der Waals surface area contributed by atoms with Crippen LogP contribution in [0.1, 0.15) is 17.4 Å². The number of aliphatic hydroxyl groups excluding tert-OH is 1. The van der Waals surface area contributed by atoms with Crippen molar-refractivity contribution in [3.63, 3.8) is 0 Å². The van der Waals surface area contributed by atoms with Crippen LogP contribution < -0.4 is 4.74 Å². The second-order valence-electron chi connectivity index (χ2n) is 3.54. The predicted molar refractivity (Wildman–Crippen MR) is 61.3 cm³/mol. The van der Waals surface area contributed by atoms with Crippen molar-refractivity contribution in [1.82, 2.24) is 4.98 Å². The minimum Gasteiger partial charge on any atom is -0.496 e. The topological polar surface area (TPSA) is 42.4 Å². The minimum atomic E-state index is -0.998. The van der Waals surface area contributed by atoms with E-state index in [0.29, 0.717) is 17.0 Å². The standard InChI is InChI=1S/C13H12FNO2/c1-17-12-6-5-9(14)8-10(12)13(16)11-4-2-3-7-15-11/h2-8,13,16H,1H3/t13-/m0/s1. The summed E-state index contributed by atoms with van der Waals surface area (Å²) in [7, 11) is 1.47. The molecule has 88 valence electrons. The van der Waals surface area contributed by atoms with Crippen molar-refractivity contribution >= 4 is 0 Å². The molecule has 2 rings (SSSR count). The van der Waals surface area contributed by atoms with E-state index >= 15 is 0 Å². The van der Waals surface area contributed by atoms with Crippen LogP contribution in [0, 0.1) is 5.82 Å². The molecule has 0 unspecified atom stereocenters. The molecule has 0 radical (unpaired) electrons. The van der Waals surface area contributed by atoms with Crippen LogP contribution in [-0.2, 0) is 0 Å². The van der Waals surface area contributed by atoms with Crippen molar-refractivity contribution in [3.05, 3.63) is 59.7 Å². The van der Waals surface area contributed by atoms with Gasteiger partial charge in [0.1, 0.15) is 17.7 Å². The highest BCUT2D eigenvalue weighted by Crippen LogP contribution is 2.29. The highest BCUT2D eigenvalue weighted by Gasteiger charge is 2.17. The first-order valence-electron chi connectivity index (χ1n) is 5.15. The van der Waals surface area contributed by atoms with Gasteiger partial charge >= 0.3 is 0 Å². The molecule has 0 amide bonds. The van der Waals surface area contributed by atoms with Gasteiger partial charge in [0.25, 0.3) is 0 Å². The zero-order valence-corrected chi connectivity index (χ0v) is 9.30. The highest BCUT2D eigenvalue weighted by atomic mass is 19.1. The first kappa shape index (κ1) is 11.5. The number of rotatable bonds is 3. The third kappa shape index (κ3) is 2.42. The Hall–Kier alpha value is -1.94. The molecule has 0 fully saturated rings. The van der Waals surface area contributed by atoms with E-state index < -0.39 is 11.9 Å². The smallest absolute Gasteiger partial charge is 0.125 e. The summed E-state index contributed by atoms with van der Waals surface area (Å²) in [6.07, 6.45) is 0.575. The van der Waals surface area contributed by atoms with Gasteiger partial charge in [-0.3, -0.25) is 4.98 Å². The number of methoxy groups -OCH3 is 1. The Labute approximate surface area is 98.5 Å². The molecule has 1 atom stereocenters. The number of aromatic nitrogens is 1. The van der Waals surface area contributed by atoms with Crippen LogP contribution in [0.2, 0.25) is 0 Å². The molecular formula is C13H12FNO2. The fourth-order valence-corrected chi connectivity index (χ4v) is 1.62. The molecule has 1 aromatic carbocycles. The van der Waals surface area contributed by atoms with Gasteiger partial charge in [-0.1, -0.05) is 6.07 Å². The van der Waals surface area contributed by atoms with Crippen molar-refractivity contribution in [2.45, 2.75) is 6.10 Å². The van der Waals surface area contributed by atoms with E-state index in [0.717, 1.165) is 0 Å². The number of pyridine rings is 1. The van der Waals surface area contributed by atoms with Crippen LogP contribution in [0.3, 0.4) is 0 Å². The molecular weight excluding hydrogens is 221 g/mol. The lowest BCUT2D eigenvalue weighted by atomic mass is 10.0. The Morgan fingerprint density at radius 2 is 2.12 bits per heavy atom. The molecule has 1 aromatic heterocycles. The summed E-state index contributed by atoms with van der Waals surface area (Å²) in [5.74, 6) is 0.0142. The summed E-state index contributed by atoms with van der Waals surface area (Å²) >= 11 is 0. The van der Waals surface area contributed by atoms with Gasteiger partial charge in [0.15, 0.2) is 0 Å². The third-order valence-electron chi connectivity index (χ3n) is 2.45. The average Bonchev–Trinajstić information content (AvgIpc) is 2.39. The Balaban J connectivity index is 2.43. The predicted octanol–water partition coefficient (Wildman–Crippen LogP) is 2.31. The van der Waals surface area contributed by atoms with Gasteiger partial charge in [-0.2, -0.15) is 0 Å². The van der Waals surface area contributed by atoms with E-state index in [-0.39, 0.29) is 0 Å². The molecule has 0 aliphatic carbocycles. The number of nitrogens with zero attached hydrogens (tertiary/aromatic N) is 1. The first-order valence-corrected chi connectivity index (χ1v) is 5.15. The molecule has 17 heavy (non-hydrogen) atoms. The number of hydrogen-bond acceptors (Lipinski definition) is 3. The Kier molecular flexibility index (Phi) is 3.35. The monoisotopic (exact) mass is 233 g/mol. The van der Waals surface area contributed by atoms with Crippen LogP contribution in [0.4, 0.5) is 4.39 Å². The zero-order chi connectivity index (χ0) is 12.3. The molecule has 0 saturated carbocycles. The molecule has 3 nitrogen and oxygen atoms in total. The number of halogens is 1. The van der Waals surface area contributed by atoms with Crippen LogP contribution in [0.15, 0.2) is 42.6 Å². The van der Waals surface area contributed by atoms with Crippen LogP contribution >= 0.6 is 0 Å². The van der Waals surface area contributed by atoms with Gasteiger partial charge in [-0.25, -0.2) is 4.39 Å². The van der Waals surface area contributed by atoms with Gasteiger partial charge in [0.2, 0.25) is 0 Å². The molecule has 1 N–H and O–H groups in total. The second-order valence-corrected chi connectivity index (χ2v) is 3.54. The maximum atomic E-state index is 13.2. The van der Waals surface area contributed by atoms with Gasteiger partial charge < -0.3 is 9.84 Å². The Morgan fingerprint density at radius 1 is 1.29 bits per heavy atom. The fraction of sp³-hybridized carbons (Fsp3) is 0.154. The number of aliphatic hydroxyl groups is 1. The van der Waals surface area contributed by atoms with Gasteiger partial charge in [0.05, 0.1) is 12.8 Å². The number of ether oxygens (including phenoxy) is 1. The third-order valence-corrected chi connectivity index (χ3v) is 2.45. The largest absolute Gasteiger partial charge is 0.496 e. The van der Waals surface area contributed by atoms with Crippen molar-refractivity contribution in [1.29, 1.82) is 0 Å². The molecule has 0 aliphatic heterocycles. The van der Waals surface area contributed by atoms with E-state index in [1.807, 2.05) is 0 Å². The molecule has 1 heterocycles. The zero-order valence-electron chi connectivity index (χ0n) is 9.30. The van der Waals surface area contributed by atoms with Crippen LogP contribution in [-0.4, -0.2) is 17.2 Å². The van der Waals surface area contributed by atoms with E-state index in [1.165, 1.54) is 25.3 Å². The SMILES string of the molecule is COc1ccc(F)cc1[C@H](O)c1ccccn1. The normalized spacial score (nSPS) is 12.2. The number of benzene rings is 1. The van der Waals surface area contributed by atoms with Gasteiger partial charge in [-0.15, -0.1) is 0 Å². The van der Waals surface area contributed by atoms with E-state index in [9.17, 15) is 9.50 Å². The lowest BCUT2D eigenvalue weighted by Gasteiger charge is -2.14. The molecule has 0 bridgehead atoms. The van der Waals surface area contributed by atoms with Crippen LogP contribution in [0.25, 0.3) is 0 Å². The molecule has 0 spiro atoms. The summed E-state index contributed by atoms with van der Waals surface area (Å²) in [5, 5.41) is 10.1. The Bertz CT molecular complexity index is 502. The van der Waals surface area contributed by atoms with Crippen LogP contribution in [0.5, 0.6) is 5.75 Å². The fourth-order valence-electron chi connectivity index (χ4n) is 1.62. The molecule has 0 saturated heterocycles. The van der Waals surface area contributed by atoms with Gasteiger partial charge in [-0.05, 0) is 30.3 Å². The summed E-state index contributed by atoms with van der Waals surface area (Å²) in [6.45, 7) is 0.